The topological polar surface area (TPSA) is 18.5 Å². The van der Waals surface area contributed by atoms with Crippen LogP contribution in [0.3, 0.4) is 0 Å². The first-order valence-corrected chi connectivity index (χ1v) is 5.69. The third-order valence-corrected chi connectivity index (χ3v) is 3.56. The Morgan fingerprint density at radius 2 is 1.07 bits per heavy atom. The summed E-state index contributed by atoms with van der Waals surface area (Å²) in [5.74, 6) is 0. The molecule has 1 aliphatic rings. The molecule has 1 heterocycles. The molecule has 0 amide bonds. The van der Waals surface area contributed by atoms with Crippen LogP contribution in [0.1, 0.15) is 54.4 Å². The van der Waals surface area contributed by atoms with Crippen molar-refractivity contribution in [1.29, 1.82) is 0 Å². The van der Waals surface area contributed by atoms with Gasteiger partial charge in [0.2, 0.25) is 0 Å². The van der Waals surface area contributed by atoms with Gasteiger partial charge in [0.05, 0.1) is 23.4 Å². The molecule has 0 spiro atoms. The van der Waals surface area contributed by atoms with Gasteiger partial charge in [0.15, 0.2) is 0 Å². The Bertz CT molecular complexity index is 174. The van der Waals surface area contributed by atoms with Gasteiger partial charge in [-0.15, -0.1) is 0 Å². The second kappa shape index (κ2) is 3.82. The van der Waals surface area contributed by atoms with Crippen molar-refractivity contribution in [3.8, 4) is 0 Å². The van der Waals surface area contributed by atoms with E-state index in [2.05, 4.69) is 41.5 Å². The summed E-state index contributed by atoms with van der Waals surface area (Å²) >= 11 is 0. The molecule has 0 saturated carbocycles. The minimum absolute atomic E-state index is 0.195. The quantitative estimate of drug-likeness (QED) is 0.681. The molecular formula is C12H24O2. The van der Waals surface area contributed by atoms with E-state index in [0.717, 1.165) is 12.8 Å². The van der Waals surface area contributed by atoms with E-state index in [-0.39, 0.29) is 23.4 Å². The Kier molecular flexibility index (Phi) is 3.27. The zero-order valence-corrected chi connectivity index (χ0v) is 10.4. The molecule has 0 radical (unpaired) electrons. The van der Waals surface area contributed by atoms with Gasteiger partial charge in [0, 0.05) is 0 Å². The van der Waals surface area contributed by atoms with Gasteiger partial charge in [-0.1, -0.05) is 13.8 Å². The van der Waals surface area contributed by atoms with Crippen LogP contribution in [0.25, 0.3) is 0 Å². The molecule has 0 aliphatic carbocycles. The van der Waals surface area contributed by atoms with E-state index >= 15 is 0 Å². The van der Waals surface area contributed by atoms with E-state index in [9.17, 15) is 0 Å². The van der Waals surface area contributed by atoms with E-state index < -0.39 is 0 Å². The fraction of sp³-hybridized carbons (Fsp3) is 1.00. The summed E-state index contributed by atoms with van der Waals surface area (Å²) in [5, 5.41) is 0. The maximum Gasteiger partial charge on any atom is 0.0914 e. The second-order valence-electron chi connectivity index (χ2n) is 5.15. The Labute approximate surface area is 88.0 Å². The van der Waals surface area contributed by atoms with Gasteiger partial charge in [-0.2, -0.15) is 0 Å². The standard InChI is InChI=1S/C12H24O2/c1-7-9-10(8-2)14-12(5,6)11(3,4)13-9/h9-10H,7-8H2,1-6H3/t9-,10?/m1/s1. The van der Waals surface area contributed by atoms with E-state index in [1.54, 1.807) is 0 Å². The van der Waals surface area contributed by atoms with Crippen LogP contribution in [0.5, 0.6) is 0 Å². The smallest absolute Gasteiger partial charge is 0.0914 e. The summed E-state index contributed by atoms with van der Waals surface area (Å²) in [5.41, 5.74) is -0.390. The summed E-state index contributed by atoms with van der Waals surface area (Å²) < 4.78 is 12.2. The molecule has 84 valence electrons. The van der Waals surface area contributed by atoms with Gasteiger partial charge in [-0.05, 0) is 40.5 Å². The molecule has 2 atom stereocenters. The summed E-state index contributed by atoms with van der Waals surface area (Å²) in [6.07, 6.45) is 2.56. The lowest BCUT2D eigenvalue weighted by Crippen LogP contribution is -2.60. The third-order valence-electron chi connectivity index (χ3n) is 3.56. The van der Waals surface area contributed by atoms with Crippen molar-refractivity contribution in [3.63, 3.8) is 0 Å². The summed E-state index contributed by atoms with van der Waals surface area (Å²) in [7, 11) is 0. The maximum atomic E-state index is 6.12. The Balaban J connectivity index is 2.81. The summed E-state index contributed by atoms with van der Waals surface area (Å²) in [6.45, 7) is 12.8. The highest BCUT2D eigenvalue weighted by Crippen LogP contribution is 2.38. The lowest BCUT2D eigenvalue weighted by atomic mass is 9.86. The molecule has 1 aliphatic heterocycles. The maximum absolute atomic E-state index is 6.12. The fourth-order valence-corrected chi connectivity index (χ4v) is 1.88. The summed E-state index contributed by atoms with van der Waals surface area (Å²) in [6, 6.07) is 0. The largest absolute Gasteiger partial charge is 0.367 e. The highest BCUT2D eigenvalue weighted by atomic mass is 16.6. The van der Waals surface area contributed by atoms with Gasteiger partial charge < -0.3 is 9.47 Å². The van der Waals surface area contributed by atoms with Crippen LogP contribution in [-0.2, 0) is 9.47 Å². The third kappa shape index (κ3) is 1.96. The van der Waals surface area contributed by atoms with Crippen molar-refractivity contribution < 1.29 is 9.47 Å². The van der Waals surface area contributed by atoms with Crippen molar-refractivity contribution in [2.45, 2.75) is 77.8 Å². The van der Waals surface area contributed by atoms with Gasteiger partial charge >= 0.3 is 0 Å². The van der Waals surface area contributed by atoms with Crippen molar-refractivity contribution in [3.05, 3.63) is 0 Å². The fourth-order valence-electron chi connectivity index (χ4n) is 1.88. The van der Waals surface area contributed by atoms with Crippen molar-refractivity contribution in [2.75, 3.05) is 0 Å². The minimum Gasteiger partial charge on any atom is -0.367 e. The average molecular weight is 200 g/mol. The molecule has 14 heavy (non-hydrogen) atoms. The molecule has 1 saturated heterocycles. The zero-order valence-electron chi connectivity index (χ0n) is 10.4. The predicted molar refractivity (Wildman–Crippen MR) is 58.5 cm³/mol. The van der Waals surface area contributed by atoms with Crippen LogP contribution in [-0.4, -0.2) is 23.4 Å². The van der Waals surface area contributed by atoms with Gasteiger partial charge in [-0.25, -0.2) is 0 Å². The van der Waals surface area contributed by atoms with Crippen molar-refractivity contribution in [2.24, 2.45) is 0 Å². The van der Waals surface area contributed by atoms with Gasteiger partial charge in [-0.3, -0.25) is 0 Å². The molecule has 1 rings (SSSR count). The lowest BCUT2D eigenvalue weighted by Gasteiger charge is -2.51. The first kappa shape index (κ1) is 12.0. The van der Waals surface area contributed by atoms with E-state index in [4.69, 9.17) is 9.47 Å². The Morgan fingerprint density at radius 3 is 1.29 bits per heavy atom. The van der Waals surface area contributed by atoms with Crippen LogP contribution < -0.4 is 0 Å². The first-order valence-electron chi connectivity index (χ1n) is 5.69. The van der Waals surface area contributed by atoms with Crippen LogP contribution in [0, 0.1) is 0 Å². The molecule has 0 N–H and O–H groups in total. The molecule has 0 aromatic carbocycles. The first-order chi connectivity index (χ1) is 6.34. The molecular weight excluding hydrogens is 176 g/mol. The van der Waals surface area contributed by atoms with E-state index in [1.165, 1.54) is 0 Å². The Hall–Kier alpha value is -0.0800. The number of rotatable bonds is 2. The van der Waals surface area contributed by atoms with Crippen LogP contribution in [0.15, 0.2) is 0 Å². The molecule has 0 bridgehead atoms. The highest BCUT2D eigenvalue weighted by molar-refractivity contribution is 4.96. The predicted octanol–water partition coefficient (Wildman–Crippen LogP) is 3.15. The van der Waals surface area contributed by atoms with Crippen molar-refractivity contribution >= 4 is 0 Å². The normalized spacial score (nSPS) is 35.6. The highest BCUT2D eigenvalue weighted by Gasteiger charge is 2.48. The van der Waals surface area contributed by atoms with E-state index in [1.807, 2.05) is 0 Å². The van der Waals surface area contributed by atoms with Gasteiger partial charge in [0.1, 0.15) is 0 Å². The second-order valence-corrected chi connectivity index (χ2v) is 5.15. The molecule has 0 aromatic heterocycles. The Morgan fingerprint density at radius 1 is 0.786 bits per heavy atom. The van der Waals surface area contributed by atoms with Crippen molar-refractivity contribution in [1.82, 2.24) is 0 Å². The van der Waals surface area contributed by atoms with Crippen LogP contribution >= 0.6 is 0 Å². The molecule has 1 unspecified atom stereocenters. The molecule has 1 fully saturated rings. The lowest BCUT2D eigenvalue weighted by molar-refractivity contribution is -0.294. The monoisotopic (exact) mass is 200 g/mol. The SMILES string of the molecule is CCC1OC(C)(C)C(C)(C)O[C@@H]1CC. The molecule has 2 nitrogen and oxygen atoms in total. The summed E-state index contributed by atoms with van der Waals surface area (Å²) in [4.78, 5) is 0. The number of hydrogen-bond donors (Lipinski definition) is 0. The van der Waals surface area contributed by atoms with Crippen LogP contribution in [0.2, 0.25) is 0 Å². The van der Waals surface area contributed by atoms with Gasteiger partial charge in [0.25, 0.3) is 0 Å². The van der Waals surface area contributed by atoms with Crippen LogP contribution in [0.4, 0.5) is 0 Å². The average Bonchev–Trinajstić information content (AvgIpc) is 2.09. The molecule has 0 aromatic rings. The van der Waals surface area contributed by atoms with E-state index in [0.29, 0.717) is 0 Å². The zero-order chi connectivity index (χ0) is 11.0. The number of hydrogen-bond acceptors (Lipinski definition) is 2. The molecule has 2 heteroatoms. The number of ether oxygens (including phenoxy) is 2. The minimum atomic E-state index is -0.195.